The van der Waals surface area contributed by atoms with Gasteiger partial charge in [-0.15, -0.1) is 0 Å². The number of aliphatic hydroxyl groups excluding tert-OH is 2. The Bertz CT molecular complexity index is 1150. The quantitative estimate of drug-likeness (QED) is 0.314. The number of anilines is 1. The fraction of sp³-hybridized carbons (Fsp3) is 0.478. The Kier molecular flexibility index (Phi) is 7.45. The molecule has 1 saturated heterocycles. The van der Waals surface area contributed by atoms with Crippen molar-refractivity contribution in [2.24, 2.45) is 5.73 Å². The number of ether oxygens (including phenoxy) is 2. The molecule has 35 heavy (non-hydrogen) atoms. The van der Waals surface area contributed by atoms with Crippen molar-refractivity contribution in [1.29, 1.82) is 0 Å². The molecule has 0 radical (unpaired) electrons. The third-order valence-electron chi connectivity index (χ3n) is 6.02. The van der Waals surface area contributed by atoms with Gasteiger partial charge in [0, 0.05) is 26.6 Å². The van der Waals surface area contributed by atoms with E-state index in [1.807, 2.05) is 43.3 Å². The largest absolute Gasteiger partial charge is 0.497 e. The average Bonchev–Trinajstić information content (AvgIpc) is 3.40. The van der Waals surface area contributed by atoms with Crippen molar-refractivity contribution in [3.8, 4) is 5.75 Å². The number of aliphatic hydroxyl groups is 2. The molecule has 0 saturated carbocycles. The number of hydrogen-bond donors (Lipinski definition) is 4. The molecule has 3 heterocycles. The number of rotatable bonds is 9. The van der Waals surface area contributed by atoms with Crippen LogP contribution < -0.4 is 20.7 Å². The SMILES string of the molecule is COc1ccc(C[C@H](N)CC(=O)N[C@H]2[C@@H](O)[C@H](n3cnc4c(N(C)C)ncnc43)O[C@@H]2CO)cc1. The van der Waals surface area contributed by atoms with Gasteiger partial charge in [0.2, 0.25) is 5.91 Å². The molecule has 5 N–H and O–H groups in total. The van der Waals surface area contributed by atoms with Crippen LogP contribution in [0.4, 0.5) is 5.82 Å². The summed E-state index contributed by atoms with van der Waals surface area (Å²) >= 11 is 0. The standard InChI is InChI=1S/C23H31N7O5/c1-29(2)21-19-22(26-11-25-21)30(12-27-19)23-20(33)18(16(10-31)35-23)28-17(32)9-14(24)8-13-4-6-15(34-3)7-5-13/h4-7,11-12,14,16,18,20,23,31,33H,8-10,24H2,1-3H3,(H,28,32)/t14-,16+,18+,20+,23+/m0/s1. The fourth-order valence-corrected chi connectivity index (χ4v) is 4.28. The number of benzene rings is 1. The van der Waals surface area contributed by atoms with E-state index in [9.17, 15) is 15.0 Å². The molecule has 188 valence electrons. The number of nitrogens with two attached hydrogens (primary N) is 1. The summed E-state index contributed by atoms with van der Waals surface area (Å²) in [5, 5.41) is 23.7. The summed E-state index contributed by atoms with van der Waals surface area (Å²) in [7, 11) is 5.28. The summed E-state index contributed by atoms with van der Waals surface area (Å²) in [6, 6.07) is 6.22. The average molecular weight is 486 g/mol. The molecule has 0 spiro atoms. The van der Waals surface area contributed by atoms with Gasteiger partial charge < -0.3 is 35.6 Å². The summed E-state index contributed by atoms with van der Waals surface area (Å²) in [5.74, 6) is 1.02. The first-order valence-corrected chi connectivity index (χ1v) is 11.3. The highest BCUT2D eigenvalue weighted by molar-refractivity contribution is 5.83. The highest BCUT2D eigenvalue weighted by Crippen LogP contribution is 2.32. The van der Waals surface area contributed by atoms with E-state index in [4.69, 9.17) is 15.2 Å². The molecule has 12 nitrogen and oxygen atoms in total. The van der Waals surface area contributed by atoms with Gasteiger partial charge in [-0.1, -0.05) is 12.1 Å². The Morgan fingerprint density at radius 3 is 2.69 bits per heavy atom. The lowest BCUT2D eigenvalue weighted by atomic mass is 10.0. The first-order chi connectivity index (χ1) is 16.8. The molecule has 0 bridgehead atoms. The van der Waals surface area contributed by atoms with Gasteiger partial charge in [-0.3, -0.25) is 9.36 Å². The van der Waals surface area contributed by atoms with Gasteiger partial charge in [-0.2, -0.15) is 0 Å². The lowest BCUT2D eigenvalue weighted by Gasteiger charge is -2.22. The number of carbonyl (C=O) groups excluding carboxylic acids is 1. The van der Waals surface area contributed by atoms with E-state index >= 15 is 0 Å². The van der Waals surface area contributed by atoms with Crippen molar-refractivity contribution >= 4 is 22.9 Å². The minimum atomic E-state index is -1.15. The zero-order valence-electron chi connectivity index (χ0n) is 19.9. The third kappa shape index (κ3) is 5.20. The van der Waals surface area contributed by atoms with E-state index in [-0.39, 0.29) is 18.9 Å². The van der Waals surface area contributed by atoms with Gasteiger partial charge in [-0.05, 0) is 24.1 Å². The Labute approximate surface area is 202 Å². The van der Waals surface area contributed by atoms with Gasteiger partial charge in [0.15, 0.2) is 23.2 Å². The summed E-state index contributed by atoms with van der Waals surface area (Å²) in [4.78, 5) is 27.4. The predicted octanol–water partition coefficient (Wildman–Crippen LogP) is -0.404. The lowest BCUT2D eigenvalue weighted by Crippen LogP contribution is -2.49. The number of nitrogens with zero attached hydrogens (tertiary/aromatic N) is 5. The minimum Gasteiger partial charge on any atom is -0.497 e. The molecular weight excluding hydrogens is 454 g/mol. The molecule has 12 heteroatoms. The first kappa shape index (κ1) is 24.8. The maximum atomic E-state index is 12.7. The van der Waals surface area contributed by atoms with Crippen molar-refractivity contribution in [2.75, 3.05) is 32.7 Å². The molecule has 0 aliphatic carbocycles. The molecule has 1 aliphatic heterocycles. The van der Waals surface area contributed by atoms with Crippen LogP contribution in [0.1, 0.15) is 18.2 Å². The van der Waals surface area contributed by atoms with Crippen molar-refractivity contribution < 1.29 is 24.5 Å². The molecule has 4 rings (SSSR count). The van der Waals surface area contributed by atoms with Gasteiger partial charge in [0.1, 0.15) is 24.3 Å². The van der Waals surface area contributed by atoms with Gasteiger partial charge in [0.25, 0.3) is 0 Å². The second-order valence-electron chi connectivity index (χ2n) is 8.76. The van der Waals surface area contributed by atoms with Crippen LogP contribution in [0.15, 0.2) is 36.9 Å². The van der Waals surface area contributed by atoms with Crippen LogP contribution in [0.2, 0.25) is 0 Å². The van der Waals surface area contributed by atoms with Crippen LogP contribution in [0.3, 0.4) is 0 Å². The highest BCUT2D eigenvalue weighted by atomic mass is 16.5. The molecule has 0 unspecified atom stereocenters. The molecule has 1 amide bonds. The second kappa shape index (κ2) is 10.5. The Balaban J connectivity index is 1.43. The van der Waals surface area contributed by atoms with E-state index in [1.54, 1.807) is 11.7 Å². The highest BCUT2D eigenvalue weighted by Gasteiger charge is 2.45. The van der Waals surface area contributed by atoms with E-state index in [0.717, 1.165) is 11.3 Å². The van der Waals surface area contributed by atoms with Crippen LogP contribution in [-0.2, 0) is 16.0 Å². The lowest BCUT2D eigenvalue weighted by molar-refractivity contribution is -0.123. The fourth-order valence-electron chi connectivity index (χ4n) is 4.28. The zero-order valence-corrected chi connectivity index (χ0v) is 19.9. The van der Waals surface area contributed by atoms with E-state index in [1.165, 1.54) is 12.7 Å². The predicted molar refractivity (Wildman–Crippen MR) is 128 cm³/mol. The number of nitrogens with one attached hydrogen (secondary N) is 1. The van der Waals surface area contributed by atoms with Crippen molar-refractivity contribution in [2.45, 2.75) is 43.4 Å². The minimum absolute atomic E-state index is 0.0471. The molecule has 1 fully saturated rings. The van der Waals surface area contributed by atoms with Gasteiger partial charge >= 0.3 is 0 Å². The number of methoxy groups -OCH3 is 1. The number of amides is 1. The second-order valence-corrected chi connectivity index (χ2v) is 8.76. The van der Waals surface area contributed by atoms with Gasteiger partial charge in [-0.25, -0.2) is 15.0 Å². The number of hydrogen-bond acceptors (Lipinski definition) is 10. The van der Waals surface area contributed by atoms with E-state index in [2.05, 4.69) is 20.3 Å². The maximum absolute atomic E-state index is 12.7. The van der Waals surface area contributed by atoms with Crippen molar-refractivity contribution in [3.05, 3.63) is 42.5 Å². The van der Waals surface area contributed by atoms with Crippen LogP contribution >= 0.6 is 0 Å². The summed E-state index contributed by atoms with van der Waals surface area (Å²) < 4.78 is 12.6. The Hall–Kier alpha value is -3.32. The number of aromatic nitrogens is 4. The first-order valence-electron chi connectivity index (χ1n) is 11.3. The molecule has 2 aromatic heterocycles. The zero-order chi connectivity index (χ0) is 25.1. The monoisotopic (exact) mass is 485 g/mol. The molecule has 1 aromatic carbocycles. The van der Waals surface area contributed by atoms with E-state index in [0.29, 0.717) is 23.4 Å². The third-order valence-corrected chi connectivity index (χ3v) is 6.02. The normalized spacial score (nSPS) is 22.8. The maximum Gasteiger partial charge on any atom is 0.221 e. The number of carbonyl (C=O) groups is 1. The Morgan fingerprint density at radius 2 is 2.03 bits per heavy atom. The Morgan fingerprint density at radius 1 is 1.29 bits per heavy atom. The summed E-state index contributed by atoms with van der Waals surface area (Å²) in [6.45, 7) is -0.388. The van der Waals surface area contributed by atoms with Crippen LogP contribution in [-0.4, -0.2) is 87.7 Å². The van der Waals surface area contributed by atoms with Crippen LogP contribution in [0, 0.1) is 0 Å². The van der Waals surface area contributed by atoms with Gasteiger partial charge in [0.05, 0.1) is 26.1 Å². The number of fused-ring (bicyclic) bond motifs is 1. The van der Waals surface area contributed by atoms with Crippen LogP contribution in [0.25, 0.3) is 11.2 Å². The van der Waals surface area contributed by atoms with Crippen molar-refractivity contribution in [1.82, 2.24) is 24.8 Å². The molecule has 1 aliphatic rings. The summed E-state index contributed by atoms with van der Waals surface area (Å²) in [5.41, 5.74) is 8.19. The van der Waals surface area contributed by atoms with Crippen LogP contribution in [0.5, 0.6) is 5.75 Å². The van der Waals surface area contributed by atoms with Crippen molar-refractivity contribution in [3.63, 3.8) is 0 Å². The smallest absolute Gasteiger partial charge is 0.221 e. The summed E-state index contributed by atoms with van der Waals surface area (Å²) in [6.07, 6.45) is 0.593. The van der Waals surface area contributed by atoms with E-state index < -0.39 is 30.5 Å². The topological polar surface area (TPSA) is 161 Å². The molecule has 3 aromatic rings. The molecular formula is C23H31N7O5. The molecule has 5 atom stereocenters. The number of imidazole rings is 1.